The summed E-state index contributed by atoms with van der Waals surface area (Å²) in [7, 11) is 1.52. The zero-order valence-electron chi connectivity index (χ0n) is 11.7. The lowest BCUT2D eigenvalue weighted by Gasteiger charge is -2.06. The smallest absolute Gasteiger partial charge is 0.338 e. The van der Waals surface area contributed by atoms with E-state index in [1.807, 2.05) is 6.92 Å². The van der Waals surface area contributed by atoms with Gasteiger partial charge in [0.1, 0.15) is 10.8 Å². The number of ether oxygens (including phenoxy) is 1. The fourth-order valence-electron chi connectivity index (χ4n) is 1.81. The van der Waals surface area contributed by atoms with Crippen molar-refractivity contribution >= 4 is 28.2 Å². The van der Waals surface area contributed by atoms with E-state index in [1.54, 1.807) is 30.3 Å². The number of anilines is 1. The third kappa shape index (κ3) is 3.41. The topological polar surface area (TPSA) is 75.6 Å². The van der Waals surface area contributed by atoms with Crippen LogP contribution in [0.3, 0.4) is 0 Å². The third-order valence-corrected chi connectivity index (χ3v) is 4.12. The molecule has 0 saturated carbocycles. The third-order valence-electron chi connectivity index (χ3n) is 2.92. The number of thiophene rings is 1. The van der Waals surface area contributed by atoms with Crippen LogP contribution in [0.1, 0.15) is 32.5 Å². The minimum absolute atomic E-state index is 0.119. The lowest BCUT2D eigenvalue weighted by Crippen LogP contribution is -2.13. The largest absolute Gasteiger partial charge is 0.497 e. The first-order valence-electron chi connectivity index (χ1n) is 6.36. The van der Waals surface area contributed by atoms with Crippen molar-refractivity contribution in [1.29, 1.82) is 0 Å². The van der Waals surface area contributed by atoms with Gasteiger partial charge in [-0.15, -0.1) is 11.3 Å². The van der Waals surface area contributed by atoms with E-state index in [1.165, 1.54) is 18.4 Å². The van der Waals surface area contributed by atoms with Crippen molar-refractivity contribution in [1.82, 2.24) is 0 Å². The molecule has 2 rings (SSSR count). The van der Waals surface area contributed by atoms with Crippen LogP contribution in [-0.2, 0) is 6.42 Å². The number of hydrogen-bond donors (Lipinski definition) is 2. The second-order valence-electron chi connectivity index (χ2n) is 4.30. The Kier molecular flexibility index (Phi) is 4.59. The Morgan fingerprint density at radius 2 is 2.10 bits per heavy atom. The van der Waals surface area contributed by atoms with Gasteiger partial charge in [-0.2, -0.15) is 0 Å². The molecule has 0 spiro atoms. The summed E-state index contributed by atoms with van der Waals surface area (Å²) in [6, 6.07) is 8.28. The minimum atomic E-state index is -1.05. The number of benzene rings is 1. The average Bonchev–Trinajstić information content (AvgIpc) is 2.90. The molecule has 6 heteroatoms. The summed E-state index contributed by atoms with van der Waals surface area (Å²) in [5.74, 6) is -0.839. The van der Waals surface area contributed by atoms with Crippen LogP contribution < -0.4 is 10.1 Å². The van der Waals surface area contributed by atoms with E-state index in [4.69, 9.17) is 4.74 Å². The zero-order valence-corrected chi connectivity index (χ0v) is 12.5. The lowest BCUT2D eigenvalue weighted by atomic mass is 10.2. The van der Waals surface area contributed by atoms with Gasteiger partial charge >= 0.3 is 5.97 Å². The molecule has 1 aromatic heterocycles. The van der Waals surface area contributed by atoms with Crippen molar-refractivity contribution < 1.29 is 19.4 Å². The predicted molar refractivity (Wildman–Crippen MR) is 81.6 cm³/mol. The van der Waals surface area contributed by atoms with Gasteiger partial charge < -0.3 is 15.2 Å². The highest BCUT2D eigenvalue weighted by Crippen LogP contribution is 2.29. The van der Waals surface area contributed by atoms with Crippen LogP contribution >= 0.6 is 11.3 Å². The van der Waals surface area contributed by atoms with Gasteiger partial charge in [-0.25, -0.2) is 4.79 Å². The minimum Gasteiger partial charge on any atom is -0.497 e. The molecule has 0 aliphatic rings. The molecule has 5 nitrogen and oxygen atoms in total. The van der Waals surface area contributed by atoms with E-state index >= 15 is 0 Å². The molecule has 0 atom stereocenters. The molecule has 0 saturated heterocycles. The first-order chi connectivity index (χ1) is 10.0. The Bertz CT molecular complexity index is 678. The molecule has 0 unspecified atom stereocenters. The summed E-state index contributed by atoms with van der Waals surface area (Å²) >= 11 is 1.28. The lowest BCUT2D eigenvalue weighted by molar-refractivity contribution is 0.0698. The number of carbonyl (C=O) groups excluding carboxylic acids is 1. The number of nitrogens with one attached hydrogen (secondary N) is 1. The van der Waals surface area contributed by atoms with E-state index in [0.29, 0.717) is 16.3 Å². The molecule has 0 aliphatic heterocycles. The normalized spacial score (nSPS) is 10.2. The molecule has 0 radical (unpaired) electrons. The summed E-state index contributed by atoms with van der Waals surface area (Å²) in [6.45, 7) is 1.94. The summed E-state index contributed by atoms with van der Waals surface area (Å²) < 4.78 is 5.07. The molecule has 110 valence electrons. The second-order valence-corrected chi connectivity index (χ2v) is 5.44. The maximum Gasteiger partial charge on any atom is 0.338 e. The monoisotopic (exact) mass is 305 g/mol. The number of carbonyl (C=O) groups is 2. The standard InChI is InChI=1S/C15H15NO4S/c1-3-11-8-12(15(18)19)14(21-11)16-13(17)9-5-4-6-10(7-9)20-2/h4-8H,3H2,1-2H3,(H,16,17)(H,18,19). The van der Waals surface area contributed by atoms with Gasteiger partial charge in [-0.3, -0.25) is 4.79 Å². The van der Waals surface area contributed by atoms with Crippen LogP contribution in [0.15, 0.2) is 30.3 Å². The van der Waals surface area contributed by atoms with Gasteiger partial charge in [-0.05, 0) is 30.7 Å². The quantitative estimate of drug-likeness (QED) is 0.889. The number of methoxy groups -OCH3 is 1. The highest BCUT2D eigenvalue weighted by molar-refractivity contribution is 7.16. The Balaban J connectivity index is 2.26. The van der Waals surface area contributed by atoms with Crippen LogP contribution in [0.2, 0.25) is 0 Å². The number of aryl methyl sites for hydroxylation is 1. The van der Waals surface area contributed by atoms with Crippen molar-refractivity contribution in [2.45, 2.75) is 13.3 Å². The fraction of sp³-hybridized carbons (Fsp3) is 0.200. The van der Waals surface area contributed by atoms with Gasteiger partial charge in [0.05, 0.1) is 12.7 Å². The molecule has 2 N–H and O–H groups in total. The van der Waals surface area contributed by atoms with Crippen molar-refractivity contribution in [2.24, 2.45) is 0 Å². The zero-order chi connectivity index (χ0) is 15.4. The first kappa shape index (κ1) is 15.1. The van der Waals surface area contributed by atoms with Crippen LogP contribution in [0.25, 0.3) is 0 Å². The van der Waals surface area contributed by atoms with E-state index in [-0.39, 0.29) is 11.5 Å². The molecule has 0 bridgehead atoms. The van der Waals surface area contributed by atoms with Crippen LogP contribution in [-0.4, -0.2) is 24.1 Å². The van der Waals surface area contributed by atoms with Crippen molar-refractivity contribution in [3.8, 4) is 5.75 Å². The Labute approximate surface area is 126 Å². The first-order valence-corrected chi connectivity index (χ1v) is 7.18. The van der Waals surface area contributed by atoms with Gasteiger partial charge in [0, 0.05) is 10.4 Å². The van der Waals surface area contributed by atoms with E-state index in [2.05, 4.69) is 5.32 Å². The number of carboxylic acids is 1. The number of amides is 1. The average molecular weight is 305 g/mol. The van der Waals surface area contributed by atoms with Gasteiger partial charge in [0.25, 0.3) is 5.91 Å². The Morgan fingerprint density at radius 1 is 1.33 bits per heavy atom. The number of hydrogen-bond acceptors (Lipinski definition) is 4. The molecular formula is C15H15NO4S. The molecule has 0 fully saturated rings. The number of carboxylic acid groups (broad SMARTS) is 1. The van der Waals surface area contributed by atoms with Crippen molar-refractivity contribution in [2.75, 3.05) is 12.4 Å². The highest BCUT2D eigenvalue weighted by Gasteiger charge is 2.17. The highest BCUT2D eigenvalue weighted by atomic mass is 32.1. The predicted octanol–water partition coefficient (Wildman–Crippen LogP) is 3.27. The number of aromatic carboxylic acids is 1. The molecule has 1 aromatic carbocycles. The fourth-order valence-corrected chi connectivity index (χ4v) is 2.79. The molecule has 1 amide bonds. The maximum absolute atomic E-state index is 12.2. The summed E-state index contributed by atoms with van der Waals surface area (Å²) in [5, 5.41) is 12.2. The van der Waals surface area contributed by atoms with E-state index < -0.39 is 5.97 Å². The van der Waals surface area contributed by atoms with E-state index in [0.717, 1.165) is 11.3 Å². The SMILES string of the molecule is CCc1cc(C(=O)O)c(NC(=O)c2cccc(OC)c2)s1. The van der Waals surface area contributed by atoms with Crippen LogP contribution in [0, 0.1) is 0 Å². The van der Waals surface area contributed by atoms with Gasteiger partial charge in [0.2, 0.25) is 0 Å². The second kappa shape index (κ2) is 6.41. The van der Waals surface area contributed by atoms with Crippen LogP contribution in [0.4, 0.5) is 5.00 Å². The Hall–Kier alpha value is -2.34. The van der Waals surface area contributed by atoms with Gasteiger partial charge in [-0.1, -0.05) is 13.0 Å². The number of rotatable bonds is 5. The maximum atomic E-state index is 12.2. The van der Waals surface area contributed by atoms with E-state index in [9.17, 15) is 14.7 Å². The van der Waals surface area contributed by atoms with Crippen molar-refractivity contribution in [3.63, 3.8) is 0 Å². The summed E-state index contributed by atoms with van der Waals surface area (Å²) in [6.07, 6.45) is 0.722. The van der Waals surface area contributed by atoms with Crippen LogP contribution in [0.5, 0.6) is 5.75 Å². The van der Waals surface area contributed by atoms with Crippen molar-refractivity contribution in [3.05, 3.63) is 46.3 Å². The molecule has 1 heterocycles. The summed E-state index contributed by atoms with van der Waals surface area (Å²) in [5.41, 5.74) is 0.533. The molecule has 0 aliphatic carbocycles. The molecule has 2 aromatic rings. The summed E-state index contributed by atoms with van der Waals surface area (Å²) in [4.78, 5) is 24.3. The molecule has 21 heavy (non-hydrogen) atoms. The molecular weight excluding hydrogens is 290 g/mol. The Morgan fingerprint density at radius 3 is 2.71 bits per heavy atom. The van der Waals surface area contributed by atoms with Gasteiger partial charge in [0.15, 0.2) is 0 Å².